The molecule has 0 saturated carbocycles. The van der Waals surface area contributed by atoms with Gasteiger partial charge in [-0.25, -0.2) is 0 Å². The van der Waals surface area contributed by atoms with Crippen molar-refractivity contribution in [2.24, 2.45) is 11.7 Å². The van der Waals surface area contributed by atoms with E-state index in [1.807, 2.05) is 6.07 Å². The van der Waals surface area contributed by atoms with Crippen molar-refractivity contribution in [3.05, 3.63) is 45.2 Å². The summed E-state index contributed by atoms with van der Waals surface area (Å²) in [5.41, 5.74) is 17.1. The van der Waals surface area contributed by atoms with Gasteiger partial charge in [-0.15, -0.1) is 0 Å². The summed E-state index contributed by atoms with van der Waals surface area (Å²) >= 11 is 6.42. The third-order valence-corrected chi connectivity index (χ3v) is 4.91. The van der Waals surface area contributed by atoms with Crippen molar-refractivity contribution >= 4 is 35.0 Å². The van der Waals surface area contributed by atoms with E-state index in [-0.39, 0.29) is 0 Å². The zero-order valence-corrected chi connectivity index (χ0v) is 15.4. The number of nitrogens with one attached hydrogen (secondary N) is 2. The molecular weight excluding hydrogens is 350 g/mol. The molecule has 7 heteroatoms. The average molecular weight is 370 g/mol. The van der Waals surface area contributed by atoms with Crippen LogP contribution in [0.2, 0.25) is 5.02 Å². The number of hydrogen-bond donors (Lipinski definition) is 4. The lowest BCUT2D eigenvalue weighted by atomic mass is 9.94. The number of halogens is 1. The van der Waals surface area contributed by atoms with Crippen LogP contribution in [0.25, 0.3) is 5.57 Å². The molecule has 0 saturated heterocycles. The summed E-state index contributed by atoms with van der Waals surface area (Å²) < 4.78 is 0. The second-order valence-electron chi connectivity index (χ2n) is 6.28. The first-order valence-electron chi connectivity index (χ1n) is 8.27. The van der Waals surface area contributed by atoms with Crippen molar-refractivity contribution in [1.82, 2.24) is 10.2 Å². The van der Waals surface area contributed by atoms with Gasteiger partial charge in [-0.05, 0) is 42.4 Å². The van der Waals surface area contributed by atoms with Gasteiger partial charge in [-0.2, -0.15) is 5.10 Å². The van der Waals surface area contributed by atoms with Gasteiger partial charge in [0.15, 0.2) is 12.1 Å². The van der Waals surface area contributed by atoms with Crippen LogP contribution in [-0.4, -0.2) is 23.5 Å². The Bertz CT molecular complexity index is 964. The summed E-state index contributed by atoms with van der Waals surface area (Å²) in [6, 6.07) is 3.56. The van der Waals surface area contributed by atoms with Crippen LogP contribution >= 0.6 is 11.6 Å². The molecule has 6 nitrogen and oxygen atoms in total. The Morgan fingerprint density at radius 1 is 1.38 bits per heavy atom. The topological polar surface area (TPSA) is 110 Å². The number of nitrogens with zero attached hydrogens (tertiary/aromatic N) is 1. The zero-order valence-electron chi connectivity index (χ0n) is 14.6. The van der Waals surface area contributed by atoms with Crippen molar-refractivity contribution in [2.75, 3.05) is 18.1 Å². The minimum atomic E-state index is 0.352. The maximum Gasteiger partial charge on any atom is 0.159 e. The number of nitrogens with two attached hydrogens (primary N) is 2. The Morgan fingerprint density at radius 3 is 2.77 bits per heavy atom. The maximum atomic E-state index is 11.2. The standard InChI is InChI=1S/C19H20ClN5O/c1-10-3-5-15(21)18(10)12-8-14(20)11(7-16(12)22)4-6-17-13(9-26)19(23-2)25-24-17/h7-10H,3,5,21-22H2,1-2H3,(H2,23,24,25). The molecule has 0 spiro atoms. The third kappa shape index (κ3) is 3.14. The van der Waals surface area contributed by atoms with Gasteiger partial charge < -0.3 is 16.8 Å². The van der Waals surface area contributed by atoms with E-state index >= 15 is 0 Å². The molecule has 6 N–H and O–H groups in total. The molecule has 1 aromatic carbocycles. The molecule has 3 rings (SSSR count). The van der Waals surface area contributed by atoms with E-state index in [1.165, 1.54) is 0 Å². The average Bonchev–Trinajstić information content (AvgIpc) is 3.17. The van der Waals surface area contributed by atoms with Crippen molar-refractivity contribution < 1.29 is 4.79 Å². The van der Waals surface area contributed by atoms with Crippen molar-refractivity contribution in [1.29, 1.82) is 0 Å². The SMILES string of the molecule is CNc1n[nH]c(C#Cc2cc(N)c(C3=C(N)CCC3C)cc2Cl)c1C=O. The number of nitrogen functional groups attached to an aromatic ring is 1. The summed E-state index contributed by atoms with van der Waals surface area (Å²) in [6.45, 7) is 2.13. The number of aldehydes is 1. The zero-order chi connectivity index (χ0) is 18.8. The Morgan fingerprint density at radius 2 is 2.15 bits per heavy atom. The maximum absolute atomic E-state index is 11.2. The molecule has 1 heterocycles. The number of aromatic amines is 1. The minimum Gasteiger partial charge on any atom is -0.402 e. The molecular formula is C19H20ClN5O. The molecule has 1 unspecified atom stereocenters. The van der Waals surface area contributed by atoms with E-state index in [2.05, 4.69) is 34.3 Å². The van der Waals surface area contributed by atoms with E-state index in [4.69, 9.17) is 23.1 Å². The molecule has 0 radical (unpaired) electrons. The van der Waals surface area contributed by atoms with Gasteiger partial charge in [-0.3, -0.25) is 9.89 Å². The fourth-order valence-corrected chi connectivity index (χ4v) is 3.42. The first kappa shape index (κ1) is 17.9. The second kappa shape index (κ2) is 7.14. The predicted octanol–water partition coefficient (Wildman–Crippen LogP) is 3.00. The highest BCUT2D eigenvalue weighted by Crippen LogP contribution is 2.40. The summed E-state index contributed by atoms with van der Waals surface area (Å²) in [7, 11) is 1.68. The van der Waals surface area contributed by atoms with Gasteiger partial charge in [-0.1, -0.05) is 24.4 Å². The Labute approximate surface area is 157 Å². The highest BCUT2D eigenvalue weighted by atomic mass is 35.5. The van der Waals surface area contributed by atoms with Crippen LogP contribution in [0.5, 0.6) is 0 Å². The first-order chi connectivity index (χ1) is 12.5. The van der Waals surface area contributed by atoms with Gasteiger partial charge in [0, 0.05) is 29.6 Å². The molecule has 2 aromatic rings. The lowest BCUT2D eigenvalue weighted by molar-refractivity contribution is 0.112. The molecule has 0 fully saturated rings. The fraction of sp³-hybridized carbons (Fsp3) is 0.263. The number of allylic oxidation sites excluding steroid dienone is 2. The van der Waals surface area contributed by atoms with Crippen LogP contribution in [-0.2, 0) is 0 Å². The minimum absolute atomic E-state index is 0.352. The van der Waals surface area contributed by atoms with Crippen LogP contribution in [0.15, 0.2) is 17.8 Å². The van der Waals surface area contributed by atoms with E-state index in [0.717, 1.165) is 29.7 Å². The van der Waals surface area contributed by atoms with Crippen LogP contribution in [0.1, 0.15) is 46.9 Å². The van der Waals surface area contributed by atoms with Crippen molar-refractivity contribution in [2.45, 2.75) is 19.8 Å². The highest BCUT2D eigenvalue weighted by Gasteiger charge is 2.23. The quantitative estimate of drug-likeness (QED) is 0.377. The molecule has 0 bridgehead atoms. The number of anilines is 2. The fourth-order valence-electron chi connectivity index (χ4n) is 3.21. The summed E-state index contributed by atoms with van der Waals surface area (Å²) in [4.78, 5) is 11.2. The highest BCUT2D eigenvalue weighted by molar-refractivity contribution is 6.32. The van der Waals surface area contributed by atoms with Gasteiger partial charge in [0.05, 0.1) is 10.6 Å². The van der Waals surface area contributed by atoms with Crippen LogP contribution in [0.3, 0.4) is 0 Å². The first-order valence-corrected chi connectivity index (χ1v) is 8.65. The van der Waals surface area contributed by atoms with Crippen LogP contribution in [0.4, 0.5) is 11.5 Å². The Balaban J connectivity index is 2.00. The number of hydrogen-bond acceptors (Lipinski definition) is 5. The van der Waals surface area contributed by atoms with E-state index in [1.54, 1.807) is 13.1 Å². The molecule has 1 aliphatic rings. The molecule has 26 heavy (non-hydrogen) atoms. The summed E-state index contributed by atoms with van der Waals surface area (Å²) in [5.74, 6) is 6.65. The molecule has 134 valence electrons. The molecule has 1 aromatic heterocycles. The largest absolute Gasteiger partial charge is 0.402 e. The van der Waals surface area contributed by atoms with E-state index in [9.17, 15) is 4.79 Å². The lowest BCUT2D eigenvalue weighted by Gasteiger charge is -2.14. The third-order valence-electron chi connectivity index (χ3n) is 4.60. The van der Waals surface area contributed by atoms with Crippen molar-refractivity contribution in [3.8, 4) is 11.8 Å². The van der Waals surface area contributed by atoms with E-state index < -0.39 is 0 Å². The van der Waals surface area contributed by atoms with Gasteiger partial charge in [0.25, 0.3) is 0 Å². The van der Waals surface area contributed by atoms with Crippen LogP contribution in [0, 0.1) is 17.8 Å². The van der Waals surface area contributed by atoms with Gasteiger partial charge >= 0.3 is 0 Å². The summed E-state index contributed by atoms with van der Waals surface area (Å²) in [6.07, 6.45) is 2.59. The smallest absolute Gasteiger partial charge is 0.159 e. The number of rotatable bonds is 3. The number of aromatic nitrogens is 2. The normalized spacial score (nSPS) is 16.3. The van der Waals surface area contributed by atoms with Gasteiger partial charge in [0.2, 0.25) is 0 Å². The number of carbonyl (C=O) groups is 1. The number of H-pyrrole nitrogens is 1. The lowest BCUT2D eigenvalue weighted by Crippen LogP contribution is -2.03. The van der Waals surface area contributed by atoms with Gasteiger partial charge in [0.1, 0.15) is 5.69 Å². The molecule has 0 aliphatic heterocycles. The number of benzene rings is 1. The summed E-state index contributed by atoms with van der Waals surface area (Å²) in [5, 5.41) is 10.0. The monoisotopic (exact) mass is 369 g/mol. The number of carbonyl (C=O) groups excluding carboxylic acids is 1. The predicted molar refractivity (Wildman–Crippen MR) is 105 cm³/mol. The molecule has 1 aliphatic carbocycles. The Kier molecular flexibility index (Phi) is 4.92. The Hall–Kier alpha value is -2.91. The van der Waals surface area contributed by atoms with Crippen LogP contribution < -0.4 is 16.8 Å². The molecule has 1 atom stereocenters. The van der Waals surface area contributed by atoms with E-state index in [0.29, 0.717) is 45.6 Å². The molecule has 0 amide bonds. The van der Waals surface area contributed by atoms with Crippen molar-refractivity contribution in [3.63, 3.8) is 0 Å². The second-order valence-corrected chi connectivity index (χ2v) is 6.68.